The lowest BCUT2D eigenvalue weighted by Crippen LogP contribution is -2.25. The van der Waals surface area contributed by atoms with E-state index >= 15 is 8.78 Å². The lowest BCUT2D eigenvalue weighted by Gasteiger charge is -2.17. The second-order valence-corrected chi connectivity index (χ2v) is 10.1. The van der Waals surface area contributed by atoms with E-state index in [1.54, 1.807) is 18.6 Å². The Hall–Kier alpha value is -4.44. The molecule has 0 saturated heterocycles. The van der Waals surface area contributed by atoms with Crippen molar-refractivity contribution in [2.75, 3.05) is 10.5 Å². The van der Waals surface area contributed by atoms with Crippen LogP contribution in [0.25, 0.3) is 22.2 Å². The van der Waals surface area contributed by atoms with Crippen LogP contribution in [0.5, 0.6) is 0 Å². The maximum atomic E-state index is 15.2. The van der Waals surface area contributed by atoms with Crippen LogP contribution in [0.15, 0.2) is 47.4 Å². The molecule has 0 amide bonds. The topological polar surface area (TPSA) is 144 Å². The third-order valence-electron chi connectivity index (χ3n) is 5.43. The van der Waals surface area contributed by atoms with Gasteiger partial charge in [-0.1, -0.05) is 12.1 Å². The lowest BCUT2D eigenvalue weighted by atomic mass is 10.0. The zero-order valence-corrected chi connectivity index (χ0v) is 20.3. The lowest BCUT2D eigenvalue weighted by molar-refractivity contribution is 0.502. The minimum Gasteiger partial charge on any atom is -0.368 e. The average Bonchev–Trinajstić information content (AvgIpc) is 2.83. The summed E-state index contributed by atoms with van der Waals surface area (Å²) in [6.45, 7) is 3.31. The molecule has 0 fully saturated rings. The van der Waals surface area contributed by atoms with Crippen LogP contribution in [0.4, 0.5) is 24.8 Å². The summed E-state index contributed by atoms with van der Waals surface area (Å²) < 4.78 is 73.2. The smallest absolute Gasteiger partial charge is 0.260 e. The Morgan fingerprint density at radius 1 is 1.14 bits per heavy atom. The largest absolute Gasteiger partial charge is 0.368 e. The number of nitrogens with one attached hydrogen (secondary N) is 1. The van der Waals surface area contributed by atoms with Gasteiger partial charge in [0, 0.05) is 23.2 Å². The number of benzene rings is 2. The van der Waals surface area contributed by atoms with Crippen molar-refractivity contribution in [1.82, 2.24) is 14.5 Å². The van der Waals surface area contributed by atoms with Gasteiger partial charge in [-0.05, 0) is 43.7 Å². The predicted octanol–water partition coefficient (Wildman–Crippen LogP) is 3.85. The van der Waals surface area contributed by atoms with Crippen LogP contribution < -0.4 is 16.0 Å². The van der Waals surface area contributed by atoms with Crippen LogP contribution in [0.1, 0.15) is 31.0 Å². The van der Waals surface area contributed by atoms with Crippen molar-refractivity contribution in [3.05, 3.63) is 81.5 Å². The first-order valence-corrected chi connectivity index (χ1v) is 12.4. The Bertz CT molecular complexity index is 1760. The quantitative estimate of drug-likeness (QED) is 0.362. The summed E-state index contributed by atoms with van der Waals surface area (Å²) in [6.07, 6.45) is 1.29. The van der Waals surface area contributed by atoms with Crippen molar-refractivity contribution in [2.24, 2.45) is 0 Å². The van der Waals surface area contributed by atoms with Crippen molar-refractivity contribution in [1.29, 1.82) is 5.26 Å². The molecular weight excluding hydrogens is 509 g/mol. The fourth-order valence-corrected chi connectivity index (χ4v) is 5.02. The van der Waals surface area contributed by atoms with E-state index in [2.05, 4.69) is 9.97 Å². The van der Waals surface area contributed by atoms with Gasteiger partial charge >= 0.3 is 0 Å². The van der Waals surface area contributed by atoms with Crippen molar-refractivity contribution in [3.8, 4) is 17.2 Å². The van der Waals surface area contributed by atoms with Gasteiger partial charge in [0.1, 0.15) is 11.3 Å². The summed E-state index contributed by atoms with van der Waals surface area (Å²) >= 11 is 0. The average molecular weight is 529 g/mol. The van der Waals surface area contributed by atoms with E-state index in [0.29, 0.717) is 6.07 Å². The number of aromatic nitrogens is 3. The molecule has 37 heavy (non-hydrogen) atoms. The Kier molecular flexibility index (Phi) is 6.62. The number of fused-ring (bicyclic) bond motifs is 1. The van der Waals surface area contributed by atoms with Crippen molar-refractivity contribution >= 4 is 32.7 Å². The minimum absolute atomic E-state index is 0.103. The normalized spacial score (nSPS) is 11.6. The molecule has 3 N–H and O–H groups in total. The number of nitrogens with two attached hydrogens (primary N) is 1. The highest BCUT2D eigenvalue weighted by molar-refractivity contribution is 7.91. The van der Waals surface area contributed by atoms with Gasteiger partial charge in [0.05, 0.1) is 22.9 Å². The van der Waals surface area contributed by atoms with E-state index in [9.17, 15) is 17.6 Å². The molecule has 0 aliphatic carbocycles. The zero-order valence-electron chi connectivity index (χ0n) is 19.5. The van der Waals surface area contributed by atoms with Gasteiger partial charge in [-0.2, -0.15) is 10.2 Å². The molecule has 4 rings (SSSR count). The monoisotopic (exact) mass is 528 g/mol. The highest BCUT2D eigenvalue weighted by atomic mass is 32.2. The number of hydrogen-bond donors (Lipinski definition) is 2. The van der Waals surface area contributed by atoms with Gasteiger partial charge in [-0.3, -0.25) is 14.1 Å². The summed E-state index contributed by atoms with van der Waals surface area (Å²) in [7, 11) is -4.41. The molecule has 2 heterocycles. The number of rotatable bonds is 6. The number of nitriles is 1. The van der Waals surface area contributed by atoms with Crippen LogP contribution in [-0.2, 0) is 15.8 Å². The van der Waals surface area contributed by atoms with Crippen LogP contribution in [-0.4, -0.2) is 23.0 Å². The first-order valence-electron chi connectivity index (χ1n) is 10.8. The maximum Gasteiger partial charge on any atom is 0.260 e. The second-order valence-electron chi connectivity index (χ2n) is 8.42. The molecule has 0 aliphatic heterocycles. The van der Waals surface area contributed by atoms with E-state index < -0.39 is 56.1 Å². The molecule has 9 nitrogen and oxygen atoms in total. The summed E-state index contributed by atoms with van der Waals surface area (Å²) in [5.41, 5.74) is 3.03. The van der Waals surface area contributed by atoms with Crippen molar-refractivity contribution < 1.29 is 21.6 Å². The maximum absolute atomic E-state index is 15.2. The number of halogens is 3. The number of pyridine rings is 1. The molecule has 0 radical (unpaired) electrons. The first-order chi connectivity index (χ1) is 17.4. The van der Waals surface area contributed by atoms with Gasteiger partial charge in [0.25, 0.3) is 5.56 Å². The van der Waals surface area contributed by atoms with Crippen molar-refractivity contribution in [3.63, 3.8) is 0 Å². The zero-order chi connectivity index (χ0) is 27.1. The minimum atomic E-state index is -4.41. The van der Waals surface area contributed by atoms with E-state index in [0.717, 1.165) is 0 Å². The fraction of sp³-hybridized carbons (Fsp3) is 0.167. The van der Waals surface area contributed by atoms with Gasteiger partial charge in [0.2, 0.25) is 16.0 Å². The van der Waals surface area contributed by atoms with E-state index in [4.69, 9.17) is 11.0 Å². The second kappa shape index (κ2) is 9.55. The summed E-state index contributed by atoms with van der Waals surface area (Å²) in [4.78, 5) is 21.1. The predicted molar refractivity (Wildman–Crippen MR) is 131 cm³/mol. The molecule has 2 aromatic heterocycles. The van der Waals surface area contributed by atoms with Crippen LogP contribution >= 0.6 is 0 Å². The van der Waals surface area contributed by atoms with Gasteiger partial charge < -0.3 is 5.73 Å². The molecule has 13 heteroatoms. The summed E-state index contributed by atoms with van der Waals surface area (Å²) in [5.74, 6) is -5.72. The highest BCUT2D eigenvalue weighted by Crippen LogP contribution is 2.32. The van der Waals surface area contributed by atoms with Crippen LogP contribution in [0.3, 0.4) is 0 Å². The molecule has 0 saturated carbocycles. The third-order valence-corrected chi connectivity index (χ3v) is 6.66. The molecule has 2 aromatic carbocycles. The number of anilines is 2. The van der Waals surface area contributed by atoms with Gasteiger partial charge in [-0.25, -0.2) is 26.6 Å². The number of nitrogens with zero attached hydrogens (tertiary/aromatic N) is 4. The van der Waals surface area contributed by atoms with Crippen LogP contribution in [0, 0.1) is 28.8 Å². The Labute approximate surface area is 209 Å². The molecular formula is C24H19F3N6O3S. The molecule has 0 spiro atoms. The number of hydrogen-bond acceptors (Lipinski definition) is 7. The third kappa shape index (κ3) is 4.96. The summed E-state index contributed by atoms with van der Waals surface area (Å²) in [5, 5.41) is 9.23. The van der Waals surface area contributed by atoms with Crippen molar-refractivity contribution in [2.45, 2.75) is 25.6 Å². The SMILES string of the molecule is CC(C)n1c(=O)c(-c2cc(F)c(NS(=O)(=O)Cc3cccc(C#N)c3)c(F)c2F)cc2cnc(N)nc21. The van der Waals surface area contributed by atoms with E-state index in [-0.39, 0.29) is 33.7 Å². The van der Waals surface area contributed by atoms with Gasteiger partial charge in [-0.15, -0.1) is 0 Å². The summed E-state index contributed by atoms with van der Waals surface area (Å²) in [6, 6.07) is 8.71. The number of sulfonamides is 1. The molecule has 0 aliphatic rings. The Balaban J connectivity index is 1.80. The molecule has 4 aromatic rings. The number of nitrogen functional groups attached to an aromatic ring is 1. The first kappa shape index (κ1) is 25.6. The van der Waals surface area contributed by atoms with Crippen LogP contribution in [0.2, 0.25) is 0 Å². The Morgan fingerprint density at radius 2 is 1.86 bits per heavy atom. The molecule has 190 valence electrons. The fourth-order valence-electron chi connectivity index (χ4n) is 3.83. The molecule has 0 unspecified atom stereocenters. The van der Waals surface area contributed by atoms with Gasteiger partial charge in [0.15, 0.2) is 17.5 Å². The molecule has 0 atom stereocenters. The molecule has 0 bridgehead atoms. The van der Waals surface area contributed by atoms with E-state index in [1.807, 2.05) is 6.07 Å². The van der Waals surface area contributed by atoms with E-state index in [1.165, 1.54) is 41.1 Å². The highest BCUT2D eigenvalue weighted by Gasteiger charge is 2.26. The standard InChI is InChI=1S/C24H19F3N6O3S/c1-12(2)33-22-15(10-30-24(29)31-22)7-17(23(33)34)16-8-18(25)21(20(27)19(16)26)32-37(35,36)11-14-5-3-4-13(6-14)9-28/h3-8,10,12,32H,11H2,1-2H3,(H2,29,30,31). The Morgan fingerprint density at radius 3 is 2.54 bits per heavy atom.